The summed E-state index contributed by atoms with van der Waals surface area (Å²) in [6.07, 6.45) is 2.13. The van der Waals surface area contributed by atoms with Crippen LogP contribution in [0, 0.1) is 0 Å². The van der Waals surface area contributed by atoms with Crippen molar-refractivity contribution in [1.82, 2.24) is 10.3 Å². The minimum Gasteiger partial charge on any atom is -0.495 e. The van der Waals surface area contributed by atoms with Crippen LogP contribution >= 0.6 is 0 Å². The van der Waals surface area contributed by atoms with Gasteiger partial charge in [0.25, 0.3) is 5.91 Å². The first-order chi connectivity index (χ1) is 17.1. The first-order valence-electron chi connectivity index (χ1n) is 11.9. The number of ether oxygens (including phenoxy) is 2. The molecule has 4 rings (SSSR count). The monoisotopic (exact) mass is 469 g/mol. The molecule has 0 aliphatic rings. The second-order valence-corrected chi connectivity index (χ2v) is 8.36. The zero-order valence-corrected chi connectivity index (χ0v) is 20.4. The van der Waals surface area contributed by atoms with Crippen molar-refractivity contribution in [2.45, 2.75) is 32.7 Å². The molecule has 180 valence electrons. The first-order valence-corrected chi connectivity index (χ1v) is 11.9. The number of rotatable bonds is 10. The summed E-state index contributed by atoms with van der Waals surface area (Å²) < 4.78 is 11.2. The molecule has 6 nitrogen and oxygen atoms in total. The van der Waals surface area contributed by atoms with Gasteiger partial charge >= 0.3 is 0 Å². The maximum atomic E-state index is 13.4. The maximum Gasteiger partial charge on any atom is 0.252 e. The number of para-hydroxylation sites is 3. The topological polar surface area (TPSA) is 72.5 Å². The normalized spacial score (nSPS) is 11.6. The highest BCUT2D eigenvalue weighted by Gasteiger charge is 2.17. The summed E-state index contributed by atoms with van der Waals surface area (Å²) in [7, 11) is 1.62. The number of anilines is 2. The maximum absolute atomic E-state index is 13.4. The number of carbonyl (C=O) groups excluding carboxylic acids is 1. The summed E-state index contributed by atoms with van der Waals surface area (Å²) >= 11 is 0. The third-order valence-corrected chi connectivity index (χ3v) is 5.82. The lowest BCUT2D eigenvalue weighted by molar-refractivity contribution is 0.0941. The third kappa shape index (κ3) is 5.90. The number of hydrogen-bond acceptors (Lipinski definition) is 5. The van der Waals surface area contributed by atoms with E-state index in [-0.39, 0.29) is 11.9 Å². The molecular formula is C29H31N3O3. The van der Waals surface area contributed by atoms with Gasteiger partial charge in [0.1, 0.15) is 17.3 Å². The average molecular weight is 470 g/mol. The molecule has 0 aliphatic heterocycles. The molecule has 0 aliphatic carbocycles. The van der Waals surface area contributed by atoms with Gasteiger partial charge in [-0.05, 0) is 55.3 Å². The SMILES string of the molecule is CCCCOc1ccc([C@H](C)NC(=O)c2cc(Nc3ccccc3OC)nc3ccccc23)cc1. The highest BCUT2D eigenvalue weighted by Crippen LogP contribution is 2.29. The second-order valence-electron chi connectivity index (χ2n) is 8.36. The number of nitrogens with one attached hydrogen (secondary N) is 2. The summed E-state index contributed by atoms with van der Waals surface area (Å²) in [6, 6.07) is 24.7. The Labute approximate surface area is 206 Å². The molecule has 0 unspecified atom stereocenters. The molecule has 1 aromatic heterocycles. The molecule has 0 fully saturated rings. The Morgan fingerprint density at radius 1 is 1.00 bits per heavy atom. The number of hydrogen-bond donors (Lipinski definition) is 2. The molecular weight excluding hydrogens is 438 g/mol. The lowest BCUT2D eigenvalue weighted by atomic mass is 10.1. The summed E-state index contributed by atoms with van der Waals surface area (Å²) in [5, 5.41) is 7.22. The van der Waals surface area contributed by atoms with Gasteiger partial charge in [-0.3, -0.25) is 4.79 Å². The average Bonchev–Trinajstić information content (AvgIpc) is 2.89. The van der Waals surface area contributed by atoms with Crippen LogP contribution in [-0.2, 0) is 0 Å². The van der Waals surface area contributed by atoms with Gasteiger partial charge < -0.3 is 20.1 Å². The van der Waals surface area contributed by atoms with Gasteiger partial charge in [0.15, 0.2) is 0 Å². The lowest BCUT2D eigenvalue weighted by Gasteiger charge is -2.17. The fraction of sp³-hybridized carbons (Fsp3) is 0.241. The Morgan fingerprint density at radius 3 is 2.51 bits per heavy atom. The summed E-state index contributed by atoms with van der Waals surface area (Å²) in [4.78, 5) is 18.1. The molecule has 0 saturated carbocycles. The van der Waals surface area contributed by atoms with Crippen LogP contribution in [0.25, 0.3) is 10.9 Å². The standard InChI is InChI=1S/C29H31N3O3/c1-4-5-18-35-22-16-14-21(15-17-22)20(2)30-29(33)24-19-28(31-25-11-7-6-10-23(24)25)32-26-12-8-9-13-27(26)34-3/h6-17,19-20H,4-5,18H2,1-3H3,(H,30,33)(H,31,32)/t20-/m0/s1. The highest BCUT2D eigenvalue weighted by atomic mass is 16.5. The Kier molecular flexibility index (Phi) is 7.83. The van der Waals surface area contributed by atoms with E-state index in [4.69, 9.17) is 14.5 Å². The molecule has 1 heterocycles. The van der Waals surface area contributed by atoms with Crippen LogP contribution in [0.1, 0.15) is 48.7 Å². The van der Waals surface area contributed by atoms with E-state index in [1.807, 2.05) is 79.7 Å². The number of aromatic nitrogens is 1. The molecule has 6 heteroatoms. The van der Waals surface area contributed by atoms with Crippen molar-refractivity contribution in [3.05, 3.63) is 90.0 Å². The number of methoxy groups -OCH3 is 1. The molecule has 1 amide bonds. The van der Waals surface area contributed by atoms with Crippen LogP contribution in [0.2, 0.25) is 0 Å². The first kappa shape index (κ1) is 24.1. The summed E-state index contributed by atoms with van der Waals surface area (Å²) in [6.45, 7) is 4.82. The predicted molar refractivity (Wildman–Crippen MR) is 141 cm³/mol. The third-order valence-electron chi connectivity index (χ3n) is 5.82. The van der Waals surface area contributed by atoms with E-state index in [1.54, 1.807) is 13.2 Å². The molecule has 3 aromatic carbocycles. The quantitative estimate of drug-likeness (QED) is 0.254. The van der Waals surface area contributed by atoms with Gasteiger partial charge in [0.2, 0.25) is 0 Å². The van der Waals surface area contributed by atoms with Crippen molar-refractivity contribution in [2.75, 3.05) is 19.0 Å². The summed E-state index contributed by atoms with van der Waals surface area (Å²) in [5.41, 5.74) is 3.07. The smallest absolute Gasteiger partial charge is 0.252 e. The molecule has 0 saturated heterocycles. The predicted octanol–water partition coefficient (Wildman–Crippen LogP) is 6.66. The van der Waals surface area contributed by atoms with Gasteiger partial charge in [0, 0.05) is 5.39 Å². The van der Waals surface area contributed by atoms with Crippen molar-refractivity contribution < 1.29 is 14.3 Å². The van der Waals surface area contributed by atoms with Crippen LogP contribution in [-0.4, -0.2) is 24.6 Å². The van der Waals surface area contributed by atoms with Crippen LogP contribution < -0.4 is 20.1 Å². The molecule has 35 heavy (non-hydrogen) atoms. The molecule has 4 aromatic rings. The zero-order valence-electron chi connectivity index (χ0n) is 20.4. The largest absolute Gasteiger partial charge is 0.495 e. The highest BCUT2D eigenvalue weighted by molar-refractivity contribution is 6.07. The van der Waals surface area contributed by atoms with E-state index >= 15 is 0 Å². The zero-order chi connectivity index (χ0) is 24.6. The fourth-order valence-corrected chi connectivity index (χ4v) is 3.86. The van der Waals surface area contributed by atoms with Crippen LogP contribution in [0.5, 0.6) is 11.5 Å². The van der Waals surface area contributed by atoms with Gasteiger partial charge in [-0.2, -0.15) is 0 Å². The molecule has 0 spiro atoms. The lowest BCUT2D eigenvalue weighted by Crippen LogP contribution is -2.27. The molecule has 1 atom stereocenters. The van der Waals surface area contributed by atoms with E-state index < -0.39 is 0 Å². The molecule has 0 bridgehead atoms. The van der Waals surface area contributed by atoms with Crippen molar-refractivity contribution >= 4 is 28.3 Å². The number of carbonyl (C=O) groups is 1. The van der Waals surface area contributed by atoms with E-state index in [0.29, 0.717) is 23.7 Å². The van der Waals surface area contributed by atoms with E-state index in [9.17, 15) is 4.79 Å². The fourth-order valence-electron chi connectivity index (χ4n) is 3.86. The number of fused-ring (bicyclic) bond motifs is 1. The number of nitrogens with zero attached hydrogens (tertiary/aromatic N) is 1. The van der Waals surface area contributed by atoms with Crippen molar-refractivity contribution in [3.63, 3.8) is 0 Å². The Morgan fingerprint density at radius 2 is 1.74 bits per heavy atom. The second kappa shape index (κ2) is 11.4. The van der Waals surface area contributed by atoms with Crippen LogP contribution in [0.4, 0.5) is 11.5 Å². The number of unbranched alkanes of at least 4 members (excludes halogenated alkanes) is 1. The minimum atomic E-state index is -0.176. The number of benzene rings is 3. The van der Waals surface area contributed by atoms with Gasteiger partial charge in [-0.1, -0.05) is 55.8 Å². The minimum absolute atomic E-state index is 0.164. The Balaban J connectivity index is 1.55. The van der Waals surface area contributed by atoms with E-state index in [2.05, 4.69) is 17.6 Å². The number of amides is 1. The van der Waals surface area contributed by atoms with Crippen LogP contribution in [0.3, 0.4) is 0 Å². The molecule has 2 N–H and O–H groups in total. The van der Waals surface area contributed by atoms with Crippen molar-refractivity contribution in [2.24, 2.45) is 0 Å². The molecule has 0 radical (unpaired) electrons. The van der Waals surface area contributed by atoms with Gasteiger partial charge in [-0.25, -0.2) is 4.98 Å². The van der Waals surface area contributed by atoms with Crippen LogP contribution in [0.15, 0.2) is 78.9 Å². The summed E-state index contributed by atoms with van der Waals surface area (Å²) in [5.74, 6) is 1.94. The Bertz CT molecular complexity index is 1290. The van der Waals surface area contributed by atoms with Crippen molar-refractivity contribution in [3.8, 4) is 11.5 Å². The van der Waals surface area contributed by atoms with Gasteiger partial charge in [-0.15, -0.1) is 0 Å². The Hall–Kier alpha value is -4.06. The van der Waals surface area contributed by atoms with Gasteiger partial charge in [0.05, 0.1) is 36.5 Å². The number of pyridine rings is 1. The van der Waals surface area contributed by atoms with E-state index in [0.717, 1.165) is 40.7 Å². The van der Waals surface area contributed by atoms with E-state index in [1.165, 1.54) is 0 Å². The van der Waals surface area contributed by atoms with Crippen molar-refractivity contribution in [1.29, 1.82) is 0 Å².